The predicted octanol–water partition coefficient (Wildman–Crippen LogP) is 12.8. The van der Waals surface area contributed by atoms with E-state index in [9.17, 15) is 0 Å². The zero-order chi connectivity index (χ0) is 32.0. The van der Waals surface area contributed by atoms with Crippen molar-refractivity contribution in [1.82, 2.24) is 0 Å². The summed E-state index contributed by atoms with van der Waals surface area (Å²) in [5, 5.41) is 0. The van der Waals surface area contributed by atoms with Crippen molar-refractivity contribution in [2.75, 3.05) is 4.90 Å². The van der Waals surface area contributed by atoms with Crippen LogP contribution in [0.5, 0.6) is 0 Å². The minimum Gasteiger partial charge on any atom is -0.310 e. The number of rotatable bonds is 5. The van der Waals surface area contributed by atoms with Crippen LogP contribution < -0.4 is 4.90 Å². The maximum Gasteiger partial charge on any atom is 0.0465 e. The number of anilines is 3. The Morgan fingerprint density at radius 1 is 0.479 bits per heavy atom. The van der Waals surface area contributed by atoms with E-state index < -0.39 is 0 Å². The highest BCUT2D eigenvalue weighted by Crippen LogP contribution is 2.61. The van der Waals surface area contributed by atoms with E-state index in [1.165, 1.54) is 87.3 Å². The zero-order valence-corrected chi connectivity index (χ0v) is 27.9. The summed E-state index contributed by atoms with van der Waals surface area (Å²) in [5.74, 6) is 3.34. The van der Waals surface area contributed by atoms with Gasteiger partial charge < -0.3 is 4.90 Å². The molecule has 6 aromatic carbocycles. The molecule has 0 saturated heterocycles. The van der Waals surface area contributed by atoms with Crippen LogP contribution in [0.2, 0.25) is 0 Å². The second-order valence-electron chi connectivity index (χ2n) is 15.4. The Hall–Kier alpha value is -4.88. The van der Waals surface area contributed by atoms with Gasteiger partial charge in [0.05, 0.1) is 0 Å². The average Bonchev–Trinajstić information content (AvgIpc) is 3.51. The van der Waals surface area contributed by atoms with Gasteiger partial charge in [-0.1, -0.05) is 111 Å². The highest BCUT2D eigenvalue weighted by Gasteiger charge is 2.47. The Kier molecular flexibility index (Phi) is 6.20. The van der Waals surface area contributed by atoms with Gasteiger partial charge in [-0.2, -0.15) is 0 Å². The molecule has 0 amide bonds. The van der Waals surface area contributed by atoms with Crippen molar-refractivity contribution in [3.8, 4) is 33.4 Å². The van der Waals surface area contributed by atoms with E-state index in [2.05, 4.69) is 158 Å². The summed E-state index contributed by atoms with van der Waals surface area (Å²) in [6.45, 7) is 4.80. The smallest absolute Gasteiger partial charge is 0.0465 e. The number of hydrogen-bond acceptors (Lipinski definition) is 1. The van der Waals surface area contributed by atoms with Crippen molar-refractivity contribution in [3.05, 3.63) is 162 Å². The first-order valence-electron chi connectivity index (χ1n) is 18.0. The molecule has 4 aliphatic rings. The summed E-state index contributed by atoms with van der Waals surface area (Å²) < 4.78 is 0. The van der Waals surface area contributed by atoms with Crippen LogP contribution in [0.15, 0.2) is 140 Å². The van der Waals surface area contributed by atoms with E-state index in [-0.39, 0.29) is 5.41 Å². The standard InChI is InChI=1S/C47H41N/c1-47(2)45-27-34(32-11-7-4-8-12-32)15-20-41(45)42-22-19-39(29-46(42)47)48(37-16-13-33(14-17-37)31-9-5-3-6-10-31)38-18-21-40-43-25-30-23-35(43)26-36(24-30)44(40)28-38/h3-22,27-30,35-36,43H,23-26H2,1-2H3. The minimum absolute atomic E-state index is 0.109. The molecule has 1 heteroatoms. The lowest BCUT2D eigenvalue weighted by atomic mass is 9.69. The molecule has 4 aliphatic carbocycles. The van der Waals surface area contributed by atoms with Gasteiger partial charge >= 0.3 is 0 Å². The Balaban J connectivity index is 1.09. The minimum atomic E-state index is -0.109. The van der Waals surface area contributed by atoms with Gasteiger partial charge in [-0.3, -0.25) is 0 Å². The molecule has 0 heterocycles. The molecule has 0 aromatic heterocycles. The summed E-state index contributed by atoms with van der Waals surface area (Å²) >= 11 is 0. The molecule has 6 aromatic rings. The Morgan fingerprint density at radius 3 is 1.81 bits per heavy atom. The third-order valence-corrected chi connectivity index (χ3v) is 12.4. The normalized spacial score (nSPS) is 22.2. The third kappa shape index (κ3) is 4.30. The SMILES string of the molecule is CC1(C)c2cc(-c3ccccc3)ccc2-c2ccc(N(c3ccc(-c4ccccc4)cc3)c3ccc4c(c3)C3CC5CC(C3)C4C5)cc21. The second-order valence-corrected chi connectivity index (χ2v) is 15.4. The Morgan fingerprint density at radius 2 is 1.06 bits per heavy atom. The number of benzene rings is 6. The first kappa shape index (κ1) is 28.2. The monoisotopic (exact) mass is 619 g/mol. The summed E-state index contributed by atoms with van der Waals surface area (Å²) in [4.78, 5) is 2.52. The van der Waals surface area contributed by atoms with Gasteiger partial charge in [-0.05, 0) is 147 Å². The fraction of sp³-hybridized carbons (Fsp3) is 0.234. The fourth-order valence-corrected chi connectivity index (χ4v) is 10.1. The molecule has 10 rings (SSSR count). The van der Waals surface area contributed by atoms with Crippen LogP contribution in [0.1, 0.15) is 73.6 Å². The zero-order valence-electron chi connectivity index (χ0n) is 27.9. The van der Waals surface area contributed by atoms with Gasteiger partial charge in [0.2, 0.25) is 0 Å². The van der Waals surface area contributed by atoms with Gasteiger partial charge in [-0.15, -0.1) is 0 Å². The molecular weight excluding hydrogens is 579 g/mol. The van der Waals surface area contributed by atoms with Crippen molar-refractivity contribution < 1.29 is 0 Å². The van der Waals surface area contributed by atoms with Crippen LogP contribution in [-0.2, 0) is 5.41 Å². The molecule has 4 atom stereocenters. The van der Waals surface area contributed by atoms with Crippen molar-refractivity contribution >= 4 is 17.1 Å². The van der Waals surface area contributed by atoms with Gasteiger partial charge in [-0.25, -0.2) is 0 Å². The highest BCUT2D eigenvalue weighted by molar-refractivity contribution is 5.87. The van der Waals surface area contributed by atoms with E-state index in [1.807, 2.05) is 0 Å². The summed E-state index contributed by atoms with van der Waals surface area (Å²) in [6, 6.07) is 52.5. The van der Waals surface area contributed by atoms with Gasteiger partial charge in [0.25, 0.3) is 0 Å². The van der Waals surface area contributed by atoms with E-state index >= 15 is 0 Å². The Labute approximate surface area is 284 Å². The lowest BCUT2D eigenvalue weighted by Gasteiger charge is -2.37. The summed E-state index contributed by atoms with van der Waals surface area (Å²) in [6.07, 6.45) is 5.64. The first-order chi connectivity index (χ1) is 23.5. The van der Waals surface area contributed by atoms with Gasteiger partial charge in [0.15, 0.2) is 0 Å². The van der Waals surface area contributed by atoms with Crippen LogP contribution in [-0.4, -0.2) is 0 Å². The highest BCUT2D eigenvalue weighted by atomic mass is 15.1. The molecule has 4 unspecified atom stereocenters. The van der Waals surface area contributed by atoms with Crippen LogP contribution in [0, 0.1) is 11.8 Å². The van der Waals surface area contributed by atoms with Crippen molar-refractivity contribution in [1.29, 1.82) is 0 Å². The maximum absolute atomic E-state index is 2.57. The quantitative estimate of drug-likeness (QED) is 0.186. The fourth-order valence-electron chi connectivity index (χ4n) is 10.1. The largest absolute Gasteiger partial charge is 0.310 e. The Bertz CT molecular complexity index is 2170. The molecule has 0 N–H and O–H groups in total. The van der Waals surface area contributed by atoms with Crippen LogP contribution in [0.4, 0.5) is 17.1 Å². The van der Waals surface area contributed by atoms with E-state index in [1.54, 1.807) is 11.1 Å². The average molecular weight is 620 g/mol. The predicted molar refractivity (Wildman–Crippen MR) is 200 cm³/mol. The molecule has 2 fully saturated rings. The summed E-state index contributed by atoms with van der Waals surface area (Å²) in [7, 11) is 0. The van der Waals surface area contributed by atoms with Crippen molar-refractivity contribution in [2.45, 2.75) is 56.8 Å². The topological polar surface area (TPSA) is 3.24 Å². The molecule has 2 saturated carbocycles. The molecule has 0 aliphatic heterocycles. The molecule has 0 radical (unpaired) electrons. The number of fused-ring (bicyclic) bond motifs is 8. The van der Waals surface area contributed by atoms with E-state index in [0.717, 1.165) is 23.7 Å². The molecular formula is C47H41N. The van der Waals surface area contributed by atoms with Crippen LogP contribution >= 0.6 is 0 Å². The molecule has 1 nitrogen and oxygen atoms in total. The van der Waals surface area contributed by atoms with Crippen LogP contribution in [0.3, 0.4) is 0 Å². The number of hydrogen-bond donors (Lipinski definition) is 0. The lowest BCUT2D eigenvalue weighted by molar-refractivity contribution is 0.296. The van der Waals surface area contributed by atoms with E-state index in [4.69, 9.17) is 0 Å². The third-order valence-electron chi connectivity index (χ3n) is 12.4. The van der Waals surface area contributed by atoms with Crippen molar-refractivity contribution in [2.24, 2.45) is 11.8 Å². The number of nitrogens with zero attached hydrogens (tertiary/aromatic N) is 1. The molecule has 3 bridgehead atoms. The molecule has 234 valence electrons. The lowest BCUT2D eigenvalue weighted by Crippen LogP contribution is -2.23. The van der Waals surface area contributed by atoms with E-state index in [0.29, 0.717) is 0 Å². The second kappa shape index (κ2) is 10.6. The maximum atomic E-state index is 2.57. The van der Waals surface area contributed by atoms with Crippen LogP contribution in [0.25, 0.3) is 33.4 Å². The molecule has 48 heavy (non-hydrogen) atoms. The molecule has 0 spiro atoms. The summed E-state index contributed by atoms with van der Waals surface area (Å²) in [5.41, 5.74) is 17.5. The van der Waals surface area contributed by atoms with Gasteiger partial charge in [0, 0.05) is 22.5 Å². The van der Waals surface area contributed by atoms with Gasteiger partial charge in [0.1, 0.15) is 0 Å². The van der Waals surface area contributed by atoms with Crippen molar-refractivity contribution in [3.63, 3.8) is 0 Å². The first-order valence-corrected chi connectivity index (χ1v) is 18.0.